The monoisotopic (exact) mass is 489 g/mol. The molecule has 0 spiro atoms. The molecule has 0 heterocycles. The second-order valence-electron chi connectivity index (χ2n) is 7.54. The van der Waals surface area contributed by atoms with E-state index in [0.29, 0.717) is 28.3 Å². The first kappa shape index (κ1) is 26.0. The minimum Gasteiger partial charge on any atom is -0.491 e. The molecule has 0 unspecified atom stereocenters. The maximum absolute atomic E-state index is 12.6. The Bertz CT molecular complexity index is 1210. The normalized spacial score (nSPS) is 11.5. The summed E-state index contributed by atoms with van der Waals surface area (Å²) in [5.41, 5.74) is 7.56. The fraction of sp³-hybridized carbons (Fsp3) is 0.148. The van der Waals surface area contributed by atoms with Crippen LogP contribution in [0.3, 0.4) is 0 Å². The van der Waals surface area contributed by atoms with E-state index in [0.717, 1.165) is 0 Å². The Morgan fingerprint density at radius 3 is 2.39 bits per heavy atom. The highest BCUT2D eigenvalue weighted by Crippen LogP contribution is 2.30. The molecule has 0 saturated heterocycles. The number of hydrogen-bond acceptors (Lipinski definition) is 7. The standard InChI is InChI=1S/C27H27N3O6/c28-21-12-5-6-13-22(21)29-25(32)16-8-15-24(20-11-4-7-14-23(20)35-18-17-31)36-27(34)30-26(33)19-9-2-1-3-10-19/h1-14,16,24,31H,15,17-18,28H2,(H,29,32)(H,30,33,34)/b16-8+/t24-/m0/s1. The van der Waals surface area contributed by atoms with Crippen LogP contribution in [0.15, 0.2) is 91.0 Å². The number of carbonyl (C=O) groups excluding carboxylic acids is 3. The summed E-state index contributed by atoms with van der Waals surface area (Å²) in [6.45, 7) is -0.159. The lowest BCUT2D eigenvalue weighted by Gasteiger charge is -2.20. The maximum atomic E-state index is 12.6. The number of alkyl carbamates (subject to hydrolysis) is 1. The lowest BCUT2D eigenvalue weighted by Crippen LogP contribution is -2.32. The van der Waals surface area contributed by atoms with Gasteiger partial charge in [0.25, 0.3) is 5.91 Å². The minimum absolute atomic E-state index is 0.0408. The van der Waals surface area contributed by atoms with Gasteiger partial charge in [-0.3, -0.25) is 14.9 Å². The SMILES string of the molecule is Nc1ccccc1NC(=O)/C=C/C[C@H](OC(=O)NC(=O)c1ccccc1)c1ccccc1OCCO. The van der Waals surface area contributed by atoms with Gasteiger partial charge in [0.15, 0.2) is 0 Å². The summed E-state index contributed by atoms with van der Waals surface area (Å²) < 4.78 is 11.1. The van der Waals surface area contributed by atoms with Crippen molar-refractivity contribution in [1.82, 2.24) is 5.32 Å². The summed E-state index contributed by atoms with van der Waals surface area (Å²) in [4.78, 5) is 37.2. The van der Waals surface area contributed by atoms with Crippen molar-refractivity contribution in [1.29, 1.82) is 0 Å². The predicted molar refractivity (Wildman–Crippen MR) is 135 cm³/mol. The number of anilines is 2. The molecule has 0 bridgehead atoms. The first-order chi connectivity index (χ1) is 17.5. The third kappa shape index (κ3) is 7.71. The molecule has 0 aliphatic heterocycles. The number of benzene rings is 3. The van der Waals surface area contributed by atoms with Crippen LogP contribution in [0.1, 0.15) is 28.4 Å². The van der Waals surface area contributed by atoms with Crippen LogP contribution in [-0.2, 0) is 9.53 Å². The molecule has 0 fully saturated rings. The summed E-state index contributed by atoms with van der Waals surface area (Å²) in [6.07, 6.45) is 1.08. The zero-order valence-electron chi connectivity index (χ0n) is 19.4. The summed E-state index contributed by atoms with van der Waals surface area (Å²) in [5.74, 6) is -0.631. The van der Waals surface area contributed by atoms with Crippen LogP contribution < -0.4 is 21.1 Å². The zero-order valence-corrected chi connectivity index (χ0v) is 19.4. The van der Waals surface area contributed by atoms with E-state index in [2.05, 4.69) is 10.6 Å². The number of aliphatic hydroxyl groups excluding tert-OH is 1. The van der Waals surface area contributed by atoms with Crippen LogP contribution in [0.2, 0.25) is 0 Å². The molecule has 186 valence electrons. The van der Waals surface area contributed by atoms with Gasteiger partial charge in [0, 0.05) is 17.5 Å². The number of nitrogens with two attached hydrogens (primary N) is 1. The van der Waals surface area contributed by atoms with Gasteiger partial charge in [0.2, 0.25) is 5.91 Å². The number of nitrogen functional groups attached to an aromatic ring is 1. The molecule has 1 atom stereocenters. The average molecular weight is 490 g/mol. The zero-order chi connectivity index (χ0) is 25.8. The Kier molecular flexibility index (Phi) is 9.60. The summed E-state index contributed by atoms with van der Waals surface area (Å²) in [7, 11) is 0. The molecule has 0 radical (unpaired) electrons. The van der Waals surface area contributed by atoms with Crippen molar-refractivity contribution in [3.8, 4) is 5.75 Å². The molecule has 0 aliphatic carbocycles. The summed E-state index contributed by atoms with van der Waals surface area (Å²) in [5, 5.41) is 14.0. The highest BCUT2D eigenvalue weighted by Gasteiger charge is 2.21. The first-order valence-corrected chi connectivity index (χ1v) is 11.2. The van der Waals surface area contributed by atoms with Gasteiger partial charge in [-0.25, -0.2) is 4.79 Å². The van der Waals surface area contributed by atoms with E-state index in [1.54, 1.807) is 78.9 Å². The lowest BCUT2D eigenvalue weighted by atomic mass is 10.0. The Labute approximate surface area is 208 Å². The van der Waals surface area contributed by atoms with Crippen molar-refractivity contribution in [3.05, 3.63) is 102 Å². The lowest BCUT2D eigenvalue weighted by molar-refractivity contribution is -0.111. The van der Waals surface area contributed by atoms with Gasteiger partial charge in [-0.15, -0.1) is 0 Å². The van der Waals surface area contributed by atoms with Crippen LogP contribution in [-0.4, -0.2) is 36.2 Å². The topological polar surface area (TPSA) is 140 Å². The molecular formula is C27H27N3O6. The molecule has 0 aromatic heterocycles. The fourth-order valence-corrected chi connectivity index (χ4v) is 3.27. The van der Waals surface area contributed by atoms with E-state index in [1.165, 1.54) is 12.2 Å². The third-order valence-corrected chi connectivity index (χ3v) is 4.95. The molecule has 3 aromatic rings. The summed E-state index contributed by atoms with van der Waals surface area (Å²) >= 11 is 0. The number of imide groups is 1. The molecule has 3 rings (SSSR count). The number of nitrogens with one attached hydrogen (secondary N) is 2. The Morgan fingerprint density at radius 2 is 1.64 bits per heavy atom. The number of carbonyl (C=O) groups is 3. The first-order valence-electron chi connectivity index (χ1n) is 11.2. The number of para-hydroxylation sites is 3. The molecule has 3 aromatic carbocycles. The molecule has 9 heteroatoms. The predicted octanol–water partition coefficient (Wildman–Crippen LogP) is 3.83. The van der Waals surface area contributed by atoms with E-state index in [4.69, 9.17) is 20.3 Å². The second kappa shape index (κ2) is 13.3. The molecule has 36 heavy (non-hydrogen) atoms. The third-order valence-electron chi connectivity index (χ3n) is 4.95. The number of aliphatic hydroxyl groups is 1. The smallest absolute Gasteiger partial charge is 0.414 e. The number of hydrogen-bond donors (Lipinski definition) is 4. The number of ether oxygens (including phenoxy) is 2. The van der Waals surface area contributed by atoms with Gasteiger partial charge >= 0.3 is 6.09 Å². The number of rotatable bonds is 10. The van der Waals surface area contributed by atoms with Gasteiger partial charge in [-0.2, -0.15) is 0 Å². The van der Waals surface area contributed by atoms with Crippen LogP contribution in [0.5, 0.6) is 5.75 Å². The van der Waals surface area contributed by atoms with E-state index >= 15 is 0 Å². The summed E-state index contributed by atoms with van der Waals surface area (Å²) in [6, 6.07) is 21.9. The van der Waals surface area contributed by atoms with Crippen LogP contribution in [0.4, 0.5) is 16.2 Å². The van der Waals surface area contributed by atoms with E-state index < -0.39 is 24.0 Å². The maximum Gasteiger partial charge on any atom is 0.414 e. The van der Waals surface area contributed by atoms with Gasteiger partial charge < -0.3 is 25.6 Å². The van der Waals surface area contributed by atoms with Crippen LogP contribution in [0, 0.1) is 0 Å². The van der Waals surface area contributed by atoms with E-state index in [9.17, 15) is 14.4 Å². The largest absolute Gasteiger partial charge is 0.491 e. The highest BCUT2D eigenvalue weighted by atomic mass is 16.6. The van der Waals surface area contributed by atoms with Crippen LogP contribution in [0.25, 0.3) is 0 Å². The molecule has 9 nitrogen and oxygen atoms in total. The quantitative estimate of drug-likeness (QED) is 0.251. The van der Waals surface area contributed by atoms with Gasteiger partial charge in [-0.1, -0.05) is 54.6 Å². The van der Waals surface area contributed by atoms with E-state index in [-0.39, 0.29) is 19.6 Å². The van der Waals surface area contributed by atoms with Crippen molar-refractivity contribution in [3.63, 3.8) is 0 Å². The van der Waals surface area contributed by atoms with Gasteiger partial charge in [0.05, 0.1) is 18.0 Å². The molecule has 0 aliphatic rings. The Balaban J connectivity index is 1.73. The van der Waals surface area contributed by atoms with Crippen molar-refractivity contribution in [2.24, 2.45) is 0 Å². The molecule has 3 amide bonds. The second-order valence-corrected chi connectivity index (χ2v) is 7.54. The van der Waals surface area contributed by atoms with Crippen LogP contribution >= 0.6 is 0 Å². The molecule has 5 N–H and O–H groups in total. The Hall–Kier alpha value is -4.63. The van der Waals surface area contributed by atoms with Crippen molar-refractivity contribution in [2.45, 2.75) is 12.5 Å². The fourth-order valence-electron chi connectivity index (χ4n) is 3.27. The highest BCUT2D eigenvalue weighted by molar-refractivity contribution is 6.03. The van der Waals surface area contributed by atoms with Crippen molar-refractivity contribution >= 4 is 29.3 Å². The van der Waals surface area contributed by atoms with Gasteiger partial charge in [0.1, 0.15) is 18.5 Å². The number of amides is 3. The molecular weight excluding hydrogens is 462 g/mol. The van der Waals surface area contributed by atoms with E-state index in [1.807, 2.05) is 0 Å². The van der Waals surface area contributed by atoms with Crippen molar-refractivity contribution < 1.29 is 29.0 Å². The average Bonchev–Trinajstić information content (AvgIpc) is 2.89. The minimum atomic E-state index is -0.958. The Morgan fingerprint density at radius 1 is 0.944 bits per heavy atom. The van der Waals surface area contributed by atoms with Crippen molar-refractivity contribution in [2.75, 3.05) is 24.3 Å². The molecule has 0 saturated carbocycles. The van der Waals surface area contributed by atoms with Gasteiger partial charge in [-0.05, 0) is 36.4 Å².